The summed E-state index contributed by atoms with van der Waals surface area (Å²) in [5.74, 6) is -0.380. The zero-order chi connectivity index (χ0) is 13.0. The molecule has 0 bridgehead atoms. The van der Waals surface area contributed by atoms with Crippen molar-refractivity contribution in [3.05, 3.63) is 11.1 Å². The van der Waals surface area contributed by atoms with Crippen LogP contribution in [0.3, 0.4) is 0 Å². The van der Waals surface area contributed by atoms with Gasteiger partial charge in [0.15, 0.2) is 10.8 Å². The highest BCUT2D eigenvalue weighted by atomic mass is 32.1. The molecule has 1 saturated heterocycles. The van der Waals surface area contributed by atoms with Crippen LogP contribution in [0.1, 0.15) is 29.8 Å². The number of esters is 1. The maximum atomic E-state index is 11.3. The van der Waals surface area contributed by atoms with Crippen molar-refractivity contribution in [1.82, 2.24) is 9.88 Å². The fourth-order valence-electron chi connectivity index (χ4n) is 2.16. The number of thiazole rings is 1. The minimum atomic E-state index is -0.380. The first-order valence-corrected chi connectivity index (χ1v) is 7.06. The Labute approximate surface area is 111 Å². The van der Waals surface area contributed by atoms with Crippen LogP contribution in [0, 0.1) is 0 Å². The van der Waals surface area contributed by atoms with Crippen LogP contribution in [0.15, 0.2) is 5.38 Å². The lowest BCUT2D eigenvalue weighted by Gasteiger charge is -2.32. The molecule has 1 atom stereocenters. The number of hydrogen-bond acceptors (Lipinski definition) is 6. The van der Waals surface area contributed by atoms with E-state index in [9.17, 15) is 4.79 Å². The third-order valence-corrected chi connectivity index (χ3v) is 4.11. The van der Waals surface area contributed by atoms with Gasteiger partial charge in [-0.15, -0.1) is 11.3 Å². The van der Waals surface area contributed by atoms with E-state index in [2.05, 4.69) is 27.0 Å². The summed E-state index contributed by atoms with van der Waals surface area (Å²) in [5, 5.41) is 5.81. The van der Waals surface area contributed by atoms with E-state index in [4.69, 9.17) is 0 Å². The molecule has 18 heavy (non-hydrogen) atoms. The standard InChI is InChI=1S/C12H19N3O2S/c1-15-6-4-3-5-9(15)7-13-12-14-10(8-18-12)11(16)17-2/h8-9H,3-7H2,1-2H3,(H,13,14). The molecule has 2 rings (SSSR count). The molecule has 1 aliphatic rings. The molecule has 2 heterocycles. The van der Waals surface area contributed by atoms with E-state index in [1.165, 1.54) is 37.7 Å². The Kier molecular flexibility index (Phi) is 4.54. The SMILES string of the molecule is COC(=O)c1csc(NCC2CCCCN2C)n1. The third kappa shape index (κ3) is 3.20. The summed E-state index contributed by atoms with van der Waals surface area (Å²) in [6.07, 6.45) is 3.80. The number of nitrogens with one attached hydrogen (secondary N) is 1. The average Bonchev–Trinajstić information content (AvgIpc) is 2.86. The van der Waals surface area contributed by atoms with Gasteiger partial charge in [0.1, 0.15) is 0 Å². The maximum Gasteiger partial charge on any atom is 0.357 e. The van der Waals surface area contributed by atoms with E-state index < -0.39 is 0 Å². The van der Waals surface area contributed by atoms with E-state index >= 15 is 0 Å². The molecule has 0 spiro atoms. The van der Waals surface area contributed by atoms with Crippen molar-refractivity contribution in [2.45, 2.75) is 25.3 Å². The quantitative estimate of drug-likeness (QED) is 0.845. The molecule has 1 unspecified atom stereocenters. The van der Waals surface area contributed by atoms with Crippen LogP contribution in [0.4, 0.5) is 5.13 Å². The Morgan fingerprint density at radius 3 is 3.22 bits per heavy atom. The molecule has 1 aromatic rings. The Hall–Kier alpha value is -1.14. The summed E-state index contributed by atoms with van der Waals surface area (Å²) < 4.78 is 4.63. The molecule has 0 aromatic carbocycles. The summed E-state index contributed by atoms with van der Waals surface area (Å²) in [6.45, 7) is 2.04. The smallest absolute Gasteiger partial charge is 0.357 e. The highest BCUT2D eigenvalue weighted by molar-refractivity contribution is 7.13. The van der Waals surface area contributed by atoms with Crippen molar-refractivity contribution >= 4 is 22.4 Å². The fraction of sp³-hybridized carbons (Fsp3) is 0.667. The van der Waals surface area contributed by atoms with Crippen LogP contribution >= 0.6 is 11.3 Å². The number of carbonyl (C=O) groups excluding carboxylic acids is 1. The van der Waals surface area contributed by atoms with Gasteiger partial charge in [0.25, 0.3) is 0 Å². The molecule has 0 saturated carbocycles. The molecule has 6 heteroatoms. The lowest BCUT2D eigenvalue weighted by Crippen LogP contribution is -2.40. The number of hydrogen-bond donors (Lipinski definition) is 1. The van der Waals surface area contributed by atoms with Gasteiger partial charge >= 0.3 is 5.97 Å². The Morgan fingerprint density at radius 2 is 2.50 bits per heavy atom. The van der Waals surface area contributed by atoms with E-state index in [1.807, 2.05) is 0 Å². The average molecular weight is 269 g/mol. The topological polar surface area (TPSA) is 54.5 Å². The molecule has 0 radical (unpaired) electrons. The molecule has 1 aromatic heterocycles. The second-order valence-electron chi connectivity index (χ2n) is 4.54. The molecule has 1 N–H and O–H groups in total. The lowest BCUT2D eigenvalue weighted by molar-refractivity contribution is 0.0595. The first-order valence-electron chi connectivity index (χ1n) is 6.18. The van der Waals surface area contributed by atoms with Crippen molar-refractivity contribution in [3.8, 4) is 0 Å². The number of rotatable bonds is 4. The summed E-state index contributed by atoms with van der Waals surface area (Å²) in [5.41, 5.74) is 0.377. The van der Waals surface area contributed by atoms with Gasteiger partial charge < -0.3 is 15.0 Å². The number of ether oxygens (including phenoxy) is 1. The zero-order valence-corrected chi connectivity index (χ0v) is 11.6. The second-order valence-corrected chi connectivity index (χ2v) is 5.40. The lowest BCUT2D eigenvalue weighted by atomic mass is 10.0. The largest absolute Gasteiger partial charge is 0.464 e. The van der Waals surface area contributed by atoms with Gasteiger partial charge in [0.05, 0.1) is 7.11 Å². The van der Waals surface area contributed by atoms with E-state index in [0.717, 1.165) is 18.2 Å². The number of aromatic nitrogens is 1. The number of piperidine rings is 1. The van der Waals surface area contributed by atoms with Crippen LogP contribution in [-0.2, 0) is 4.74 Å². The van der Waals surface area contributed by atoms with Gasteiger partial charge in [-0.05, 0) is 26.4 Å². The normalized spacial score (nSPS) is 20.7. The van der Waals surface area contributed by atoms with Crippen molar-refractivity contribution in [3.63, 3.8) is 0 Å². The number of likely N-dealkylation sites (tertiary alicyclic amines) is 1. The molecule has 1 aliphatic heterocycles. The van der Waals surface area contributed by atoms with E-state index in [-0.39, 0.29) is 5.97 Å². The van der Waals surface area contributed by atoms with Gasteiger partial charge in [0, 0.05) is 18.0 Å². The minimum Gasteiger partial charge on any atom is -0.464 e. The molecular formula is C12H19N3O2S. The van der Waals surface area contributed by atoms with Crippen LogP contribution in [0.5, 0.6) is 0 Å². The molecule has 5 nitrogen and oxygen atoms in total. The summed E-state index contributed by atoms with van der Waals surface area (Å²) in [6, 6.07) is 0.559. The Bertz CT molecular complexity index is 408. The van der Waals surface area contributed by atoms with Crippen LogP contribution in [-0.4, -0.2) is 49.1 Å². The molecular weight excluding hydrogens is 250 g/mol. The van der Waals surface area contributed by atoms with E-state index in [1.54, 1.807) is 5.38 Å². The number of likely N-dealkylation sites (N-methyl/N-ethyl adjacent to an activating group) is 1. The van der Waals surface area contributed by atoms with Crippen molar-refractivity contribution in [2.75, 3.05) is 32.6 Å². The number of methoxy groups -OCH3 is 1. The second kappa shape index (κ2) is 6.15. The van der Waals surface area contributed by atoms with Crippen molar-refractivity contribution in [1.29, 1.82) is 0 Å². The Morgan fingerprint density at radius 1 is 1.67 bits per heavy atom. The number of anilines is 1. The van der Waals surface area contributed by atoms with Crippen molar-refractivity contribution in [2.24, 2.45) is 0 Å². The first-order chi connectivity index (χ1) is 8.70. The Balaban J connectivity index is 1.86. The molecule has 1 fully saturated rings. The predicted octanol–water partition coefficient (Wildman–Crippen LogP) is 1.83. The number of carbonyl (C=O) groups is 1. The molecule has 0 amide bonds. The first kappa shape index (κ1) is 13.3. The van der Waals surface area contributed by atoms with Crippen molar-refractivity contribution < 1.29 is 9.53 Å². The van der Waals surface area contributed by atoms with Gasteiger partial charge in [-0.3, -0.25) is 0 Å². The maximum absolute atomic E-state index is 11.3. The van der Waals surface area contributed by atoms with Crippen LogP contribution in [0.25, 0.3) is 0 Å². The van der Waals surface area contributed by atoms with Crippen LogP contribution < -0.4 is 5.32 Å². The molecule has 0 aliphatic carbocycles. The predicted molar refractivity (Wildman–Crippen MR) is 72.2 cm³/mol. The van der Waals surface area contributed by atoms with E-state index in [0.29, 0.717) is 11.7 Å². The monoisotopic (exact) mass is 269 g/mol. The summed E-state index contributed by atoms with van der Waals surface area (Å²) in [7, 11) is 3.53. The van der Waals surface area contributed by atoms with Gasteiger partial charge in [-0.1, -0.05) is 6.42 Å². The third-order valence-electron chi connectivity index (χ3n) is 3.31. The summed E-state index contributed by atoms with van der Waals surface area (Å²) in [4.78, 5) is 17.9. The van der Waals surface area contributed by atoms with Gasteiger partial charge in [0.2, 0.25) is 0 Å². The fourth-order valence-corrected chi connectivity index (χ4v) is 2.85. The van der Waals surface area contributed by atoms with Crippen LogP contribution in [0.2, 0.25) is 0 Å². The van der Waals surface area contributed by atoms with Gasteiger partial charge in [-0.2, -0.15) is 0 Å². The highest BCUT2D eigenvalue weighted by Gasteiger charge is 2.19. The summed E-state index contributed by atoms with van der Waals surface area (Å²) >= 11 is 1.44. The number of nitrogens with zero attached hydrogens (tertiary/aromatic N) is 2. The van der Waals surface area contributed by atoms with Gasteiger partial charge in [-0.25, -0.2) is 9.78 Å². The highest BCUT2D eigenvalue weighted by Crippen LogP contribution is 2.19. The zero-order valence-electron chi connectivity index (χ0n) is 10.8. The molecule has 100 valence electrons. The minimum absolute atomic E-state index is 0.377.